The Labute approximate surface area is 140 Å². The fourth-order valence-corrected chi connectivity index (χ4v) is 3.23. The highest BCUT2D eigenvalue weighted by Crippen LogP contribution is 2.28. The van der Waals surface area contributed by atoms with Crippen LogP contribution in [0.4, 0.5) is 5.13 Å². The molecule has 0 bridgehead atoms. The van der Waals surface area contributed by atoms with Crippen molar-refractivity contribution in [2.75, 3.05) is 11.4 Å². The van der Waals surface area contributed by atoms with E-state index in [9.17, 15) is 4.79 Å². The fourth-order valence-electron chi connectivity index (χ4n) is 2.37. The number of aromatic nitrogens is 1. The number of rotatable bonds is 5. The van der Waals surface area contributed by atoms with Gasteiger partial charge in [-0.1, -0.05) is 55.5 Å². The van der Waals surface area contributed by atoms with Gasteiger partial charge in [0.15, 0.2) is 5.13 Å². The van der Waals surface area contributed by atoms with E-state index < -0.39 is 0 Å². The molecule has 0 aliphatic carbocycles. The average molecular weight is 322 g/mol. The van der Waals surface area contributed by atoms with E-state index in [-0.39, 0.29) is 5.91 Å². The van der Waals surface area contributed by atoms with Crippen LogP contribution in [0.2, 0.25) is 0 Å². The van der Waals surface area contributed by atoms with Gasteiger partial charge in [0.05, 0.1) is 5.69 Å². The summed E-state index contributed by atoms with van der Waals surface area (Å²) in [7, 11) is 0. The fraction of sp³-hybridized carbons (Fsp3) is 0.158. The molecule has 0 radical (unpaired) electrons. The van der Waals surface area contributed by atoms with Crippen molar-refractivity contribution in [2.45, 2.75) is 13.3 Å². The lowest BCUT2D eigenvalue weighted by molar-refractivity contribution is 0.0987. The number of anilines is 1. The Balaban J connectivity index is 1.90. The summed E-state index contributed by atoms with van der Waals surface area (Å²) in [5.74, 6) is 0.00131. The minimum Gasteiger partial charge on any atom is -0.284 e. The molecular weight excluding hydrogens is 304 g/mol. The van der Waals surface area contributed by atoms with Gasteiger partial charge in [-0.05, 0) is 18.6 Å². The third-order valence-electron chi connectivity index (χ3n) is 3.51. The second-order valence-corrected chi connectivity index (χ2v) is 6.04. The molecule has 3 aromatic rings. The first kappa shape index (κ1) is 15.4. The quantitative estimate of drug-likeness (QED) is 0.671. The zero-order valence-electron chi connectivity index (χ0n) is 13.0. The molecule has 0 saturated carbocycles. The molecule has 4 heteroatoms. The molecule has 0 saturated heterocycles. The first-order valence-corrected chi connectivity index (χ1v) is 8.55. The molecule has 1 aromatic heterocycles. The molecule has 0 aliphatic heterocycles. The minimum absolute atomic E-state index is 0.00131. The number of benzene rings is 2. The molecule has 0 atom stereocenters. The lowest BCUT2D eigenvalue weighted by Gasteiger charge is -2.19. The predicted octanol–water partition coefficient (Wildman–Crippen LogP) is 4.87. The van der Waals surface area contributed by atoms with Crippen LogP contribution in [0.1, 0.15) is 23.7 Å². The predicted molar refractivity (Wildman–Crippen MR) is 96.0 cm³/mol. The van der Waals surface area contributed by atoms with Crippen LogP contribution in [-0.2, 0) is 0 Å². The summed E-state index contributed by atoms with van der Waals surface area (Å²) in [5.41, 5.74) is 2.67. The normalized spacial score (nSPS) is 10.5. The Morgan fingerprint density at radius 3 is 2.35 bits per heavy atom. The number of hydrogen-bond donors (Lipinski definition) is 0. The number of carbonyl (C=O) groups excluding carboxylic acids is 1. The molecule has 3 nitrogen and oxygen atoms in total. The standard InChI is InChI=1S/C19H18N2OS/c1-2-13-21(18(22)16-11-7-4-8-12-16)19-20-17(14-23-19)15-9-5-3-6-10-15/h3-12,14H,2,13H2,1H3. The average Bonchev–Trinajstić information content (AvgIpc) is 3.10. The summed E-state index contributed by atoms with van der Waals surface area (Å²) in [4.78, 5) is 19.2. The molecular formula is C19H18N2OS. The van der Waals surface area contributed by atoms with Crippen LogP contribution < -0.4 is 4.90 Å². The van der Waals surface area contributed by atoms with Gasteiger partial charge in [0, 0.05) is 23.1 Å². The van der Waals surface area contributed by atoms with Gasteiger partial charge in [0.25, 0.3) is 5.91 Å². The van der Waals surface area contributed by atoms with Gasteiger partial charge in [0.2, 0.25) is 0 Å². The van der Waals surface area contributed by atoms with Crippen molar-refractivity contribution in [2.24, 2.45) is 0 Å². The van der Waals surface area contributed by atoms with E-state index in [1.165, 1.54) is 11.3 Å². The van der Waals surface area contributed by atoms with Gasteiger partial charge in [-0.3, -0.25) is 9.69 Å². The Hall–Kier alpha value is -2.46. The maximum absolute atomic E-state index is 12.8. The monoisotopic (exact) mass is 322 g/mol. The first-order chi connectivity index (χ1) is 11.3. The van der Waals surface area contributed by atoms with Crippen molar-refractivity contribution in [3.05, 3.63) is 71.6 Å². The van der Waals surface area contributed by atoms with Crippen molar-refractivity contribution < 1.29 is 4.79 Å². The first-order valence-electron chi connectivity index (χ1n) is 7.67. The summed E-state index contributed by atoms with van der Waals surface area (Å²) >= 11 is 1.51. The number of thiazole rings is 1. The topological polar surface area (TPSA) is 33.2 Å². The number of hydrogen-bond acceptors (Lipinski definition) is 3. The van der Waals surface area contributed by atoms with Gasteiger partial charge in [0.1, 0.15) is 0 Å². The van der Waals surface area contributed by atoms with E-state index in [4.69, 9.17) is 0 Å². The molecule has 116 valence electrons. The van der Waals surface area contributed by atoms with Crippen molar-refractivity contribution in [1.29, 1.82) is 0 Å². The summed E-state index contributed by atoms with van der Waals surface area (Å²) in [6.07, 6.45) is 0.888. The molecule has 0 unspecified atom stereocenters. The largest absolute Gasteiger partial charge is 0.284 e. The Bertz CT molecular complexity index is 768. The van der Waals surface area contributed by atoms with Gasteiger partial charge in [-0.2, -0.15) is 0 Å². The maximum atomic E-state index is 12.8. The van der Waals surface area contributed by atoms with Crippen LogP contribution in [0, 0.1) is 0 Å². The smallest absolute Gasteiger partial charge is 0.260 e. The van der Waals surface area contributed by atoms with Gasteiger partial charge < -0.3 is 0 Å². The molecule has 2 aromatic carbocycles. The molecule has 3 rings (SSSR count). The SMILES string of the molecule is CCCN(C(=O)c1ccccc1)c1nc(-c2ccccc2)cs1. The van der Waals surface area contributed by atoms with Gasteiger partial charge >= 0.3 is 0 Å². The van der Waals surface area contributed by atoms with E-state index in [0.29, 0.717) is 12.1 Å². The molecule has 0 N–H and O–H groups in total. The van der Waals surface area contributed by atoms with Crippen molar-refractivity contribution in [1.82, 2.24) is 4.98 Å². The highest BCUT2D eigenvalue weighted by Gasteiger charge is 2.20. The second-order valence-electron chi connectivity index (χ2n) is 5.20. The summed E-state index contributed by atoms with van der Waals surface area (Å²) in [5, 5.41) is 2.76. The highest BCUT2D eigenvalue weighted by atomic mass is 32.1. The van der Waals surface area contributed by atoms with Crippen LogP contribution in [0.5, 0.6) is 0 Å². The second kappa shape index (κ2) is 7.20. The Morgan fingerprint density at radius 1 is 1.04 bits per heavy atom. The van der Waals surface area contributed by atoms with E-state index in [0.717, 1.165) is 22.8 Å². The molecule has 0 fully saturated rings. The molecule has 23 heavy (non-hydrogen) atoms. The van der Waals surface area contributed by atoms with Crippen molar-refractivity contribution >= 4 is 22.4 Å². The zero-order chi connectivity index (χ0) is 16.1. The van der Waals surface area contributed by atoms with E-state index in [1.54, 1.807) is 4.90 Å². The third-order valence-corrected chi connectivity index (χ3v) is 4.37. The van der Waals surface area contributed by atoms with Crippen LogP contribution in [0.15, 0.2) is 66.0 Å². The van der Waals surface area contributed by atoms with E-state index in [1.807, 2.05) is 66.0 Å². The summed E-state index contributed by atoms with van der Waals surface area (Å²) < 4.78 is 0. The van der Waals surface area contributed by atoms with Crippen LogP contribution in [0.3, 0.4) is 0 Å². The van der Waals surface area contributed by atoms with Crippen molar-refractivity contribution in [3.8, 4) is 11.3 Å². The number of amides is 1. The van der Waals surface area contributed by atoms with Gasteiger partial charge in [-0.25, -0.2) is 4.98 Å². The lowest BCUT2D eigenvalue weighted by atomic mass is 10.2. The molecule has 0 spiro atoms. The lowest BCUT2D eigenvalue weighted by Crippen LogP contribution is -2.31. The number of nitrogens with zero attached hydrogens (tertiary/aromatic N) is 2. The van der Waals surface area contributed by atoms with Crippen LogP contribution in [0.25, 0.3) is 11.3 Å². The highest BCUT2D eigenvalue weighted by molar-refractivity contribution is 7.14. The van der Waals surface area contributed by atoms with Crippen LogP contribution in [-0.4, -0.2) is 17.4 Å². The summed E-state index contributed by atoms with van der Waals surface area (Å²) in [6.45, 7) is 2.73. The molecule has 1 amide bonds. The third kappa shape index (κ3) is 3.48. The minimum atomic E-state index is 0.00131. The maximum Gasteiger partial charge on any atom is 0.260 e. The summed E-state index contributed by atoms with van der Waals surface area (Å²) in [6, 6.07) is 19.4. The van der Waals surface area contributed by atoms with Gasteiger partial charge in [-0.15, -0.1) is 11.3 Å². The van der Waals surface area contributed by atoms with E-state index >= 15 is 0 Å². The zero-order valence-corrected chi connectivity index (χ0v) is 13.8. The van der Waals surface area contributed by atoms with Crippen LogP contribution >= 0.6 is 11.3 Å². The Kier molecular flexibility index (Phi) is 4.83. The number of carbonyl (C=O) groups is 1. The van der Waals surface area contributed by atoms with E-state index in [2.05, 4.69) is 11.9 Å². The molecule has 0 aliphatic rings. The molecule has 1 heterocycles. The Morgan fingerprint density at radius 2 is 1.70 bits per heavy atom. The van der Waals surface area contributed by atoms with Crippen molar-refractivity contribution in [3.63, 3.8) is 0 Å².